The maximum atomic E-state index is 9.90. The average Bonchev–Trinajstić information content (AvgIpc) is 2.92. The second kappa shape index (κ2) is 5.40. The van der Waals surface area contributed by atoms with Gasteiger partial charge in [-0.1, -0.05) is 41.1 Å². The highest BCUT2D eigenvalue weighted by molar-refractivity contribution is 5.63. The number of nitrogens with zero attached hydrogens (tertiary/aromatic N) is 2. The first-order valence-electron chi connectivity index (χ1n) is 6.80. The van der Waals surface area contributed by atoms with E-state index in [1.54, 1.807) is 6.07 Å². The van der Waals surface area contributed by atoms with Gasteiger partial charge in [0, 0.05) is 6.42 Å². The number of aromatic nitrogens is 2. The van der Waals surface area contributed by atoms with Crippen molar-refractivity contribution in [2.24, 2.45) is 0 Å². The van der Waals surface area contributed by atoms with E-state index in [9.17, 15) is 5.11 Å². The number of aryl methyl sites for hydroxylation is 2. The Hall–Kier alpha value is -2.62. The number of phenolic OH excluding ortho intramolecular Hbond substituents is 1. The minimum atomic E-state index is 0.145. The van der Waals surface area contributed by atoms with E-state index < -0.39 is 0 Å². The van der Waals surface area contributed by atoms with Gasteiger partial charge in [0.25, 0.3) is 5.89 Å². The molecule has 21 heavy (non-hydrogen) atoms. The van der Waals surface area contributed by atoms with Crippen molar-refractivity contribution in [2.75, 3.05) is 0 Å². The molecule has 1 N–H and O–H groups in total. The summed E-state index contributed by atoms with van der Waals surface area (Å²) in [5, 5.41) is 13.9. The van der Waals surface area contributed by atoms with Crippen molar-refractivity contribution in [1.82, 2.24) is 10.1 Å². The van der Waals surface area contributed by atoms with Crippen LogP contribution >= 0.6 is 0 Å². The molecule has 0 aliphatic carbocycles. The second-order valence-corrected chi connectivity index (χ2v) is 5.14. The van der Waals surface area contributed by atoms with Gasteiger partial charge >= 0.3 is 0 Å². The molecule has 0 fully saturated rings. The largest absolute Gasteiger partial charge is 0.507 e. The number of aromatic hydroxyl groups is 1. The standard InChI is InChI=1S/C17H16N2O2/c1-11-7-8-15(20)14(9-11)17-18-16(19-21-17)10-13-6-4-3-5-12(13)2/h3-9,20H,10H2,1-2H3. The molecule has 0 saturated carbocycles. The van der Waals surface area contributed by atoms with Crippen LogP contribution in [0.4, 0.5) is 0 Å². The lowest BCUT2D eigenvalue weighted by Crippen LogP contribution is -1.93. The Bertz CT molecular complexity index is 778. The first kappa shape index (κ1) is 13.4. The van der Waals surface area contributed by atoms with Crippen LogP contribution in [0.3, 0.4) is 0 Å². The Morgan fingerprint density at radius 2 is 1.90 bits per heavy atom. The van der Waals surface area contributed by atoms with Crippen molar-refractivity contribution in [1.29, 1.82) is 0 Å². The van der Waals surface area contributed by atoms with Gasteiger partial charge in [0.05, 0.1) is 5.56 Å². The topological polar surface area (TPSA) is 59.2 Å². The molecule has 2 aromatic carbocycles. The summed E-state index contributed by atoms with van der Waals surface area (Å²) < 4.78 is 5.28. The fourth-order valence-corrected chi connectivity index (χ4v) is 2.24. The molecule has 3 aromatic rings. The Kier molecular flexibility index (Phi) is 3.44. The van der Waals surface area contributed by atoms with E-state index in [0.29, 0.717) is 23.7 Å². The Morgan fingerprint density at radius 1 is 1.10 bits per heavy atom. The molecule has 1 aromatic heterocycles. The number of benzene rings is 2. The zero-order chi connectivity index (χ0) is 14.8. The van der Waals surface area contributed by atoms with E-state index in [-0.39, 0.29) is 5.75 Å². The third-order valence-corrected chi connectivity index (χ3v) is 3.46. The van der Waals surface area contributed by atoms with E-state index in [1.165, 1.54) is 11.1 Å². The lowest BCUT2D eigenvalue weighted by atomic mass is 10.1. The van der Waals surface area contributed by atoms with E-state index in [0.717, 1.165) is 5.56 Å². The number of rotatable bonds is 3. The lowest BCUT2D eigenvalue weighted by Gasteiger charge is -2.01. The van der Waals surface area contributed by atoms with Gasteiger partial charge in [-0.05, 0) is 37.1 Å². The van der Waals surface area contributed by atoms with Crippen LogP contribution in [0.15, 0.2) is 47.0 Å². The first-order chi connectivity index (χ1) is 10.1. The summed E-state index contributed by atoms with van der Waals surface area (Å²) in [5.41, 5.74) is 3.96. The van der Waals surface area contributed by atoms with Crippen molar-refractivity contribution >= 4 is 0 Å². The number of phenols is 1. The molecule has 0 radical (unpaired) electrons. The summed E-state index contributed by atoms with van der Waals surface area (Å²) in [7, 11) is 0. The minimum absolute atomic E-state index is 0.145. The highest BCUT2D eigenvalue weighted by Gasteiger charge is 2.13. The molecule has 0 aliphatic heterocycles. The van der Waals surface area contributed by atoms with Crippen LogP contribution < -0.4 is 0 Å². The fourth-order valence-electron chi connectivity index (χ4n) is 2.24. The van der Waals surface area contributed by atoms with Crippen LogP contribution in [0.2, 0.25) is 0 Å². The van der Waals surface area contributed by atoms with E-state index in [4.69, 9.17) is 4.52 Å². The molecule has 3 rings (SSSR count). The highest BCUT2D eigenvalue weighted by Crippen LogP contribution is 2.28. The smallest absolute Gasteiger partial charge is 0.261 e. The maximum absolute atomic E-state index is 9.90. The van der Waals surface area contributed by atoms with Crippen LogP contribution in [0.1, 0.15) is 22.5 Å². The zero-order valence-corrected chi connectivity index (χ0v) is 12.0. The minimum Gasteiger partial charge on any atom is -0.507 e. The predicted octanol–water partition coefficient (Wildman–Crippen LogP) is 3.65. The van der Waals surface area contributed by atoms with Gasteiger partial charge in [-0.25, -0.2) is 0 Å². The third kappa shape index (κ3) is 2.79. The predicted molar refractivity (Wildman–Crippen MR) is 80.1 cm³/mol. The van der Waals surface area contributed by atoms with Gasteiger partial charge < -0.3 is 9.63 Å². The van der Waals surface area contributed by atoms with Crippen LogP contribution in [-0.4, -0.2) is 15.2 Å². The van der Waals surface area contributed by atoms with Gasteiger partial charge in [0.15, 0.2) is 5.82 Å². The van der Waals surface area contributed by atoms with Gasteiger partial charge in [0.1, 0.15) is 5.75 Å². The molecule has 0 aliphatic rings. The first-order valence-corrected chi connectivity index (χ1v) is 6.80. The summed E-state index contributed by atoms with van der Waals surface area (Å²) in [5.74, 6) is 1.10. The Labute approximate surface area is 123 Å². The molecule has 0 atom stereocenters. The van der Waals surface area contributed by atoms with Crippen LogP contribution in [0, 0.1) is 13.8 Å². The average molecular weight is 280 g/mol. The van der Waals surface area contributed by atoms with Crippen molar-refractivity contribution in [3.8, 4) is 17.2 Å². The van der Waals surface area contributed by atoms with E-state index >= 15 is 0 Å². The second-order valence-electron chi connectivity index (χ2n) is 5.14. The molecular formula is C17H16N2O2. The number of hydrogen-bond acceptors (Lipinski definition) is 4. The Morgan fingerprint density at radius 3 is 2.71 bits per heavy atom. The fraction of sp³-hybridized carbons (Fsp3) is 0.176. The van der Waals surface area contributed by atoms with Gasteiger partial charge in [-0.2, -0.15) is 4.98 Å². The van der Waals surface area contributed by atoms with Gasteiger partial charge in [-0.3, -0.25) is 0 Å². The van der Waals surface area contributed by atoms with Crippen molar-refractivity contribution in [3.05, 3.63) is 65.0 Å². The molecule has 106 valence electrons. The summed E-state index contributed by atoms with van der Waals surface area (Å²) in [6.07, 6.45) is 0.614. The molecule has 4 nitrogen and oxygen atoms in total. The van der Waals surface area contributed by atoms with Gasteiger partial charge in [-0.15, -0.1) is 0 Å². The summed E-state index contributed by atoms with van der Waals surface area (Å²) in [6, 6.07) is 13.4. The summed E-state index contributed by atoms with van der Waals surface area (Å²) in [6.45, 7) is 4.01. The van der Waals surface area contributed by atoms with Crippen LogP contribution in [0.5, 0.6) is 5.75 Å². The summed E-state index contributed by atoms with van der Waals surface area (Å²) >= 11 is 0. The van der Waals surface area contributed by atoms with Crippen molar-refractivity contribution < 1.29 is 9.63 Å². The molecule has 0 saturated heterocycles. The molecule has 0 spiro atoms. The normalized spacial score (nSPS) is 10.8. The van der Waals surface area contributed by atoms with Crippen LogP contribution in [-0.2, 0) is 6.42 Å². The summed E-state index contributed by atoms with van der Waals surface area (Å²) in [4.78, 5) is 4.38. The molecule has 0 amide bonds. The Balaban J connectivity index is 1.90. The van der Waals surface area contributed by atoms with E-state index in [2.05, 4.69) is 29.2 Å². The molecule has 0 unspecified atom stereocenters. The van der Waals surface area contributed by atoms with Crippen molar-refractivity contribution in [3.63, 3.8) is 0 Å². The van der Waals surface area contributed by atoms with E-state index in [1.807, 2.05) is 31.2 Å². The zero-order valence-electron chi connectivity index (χ0n) is 12.0. The monoisotopic (exact) mass is 280 g/mol. The molecule has 4 heteroatoms. The quantitative estimate of drug-likeness (QED) is 0.795. The van der Waals surface area contributed by atoms with Crippen molar-refractivity contribution in [2.45, 2.75) is 20.3 Å². The van der Waals surface area contributed by atoms with Crippen LogP contribution in [0.25, 0.3) is 11.5 Å². The third-order valence-electron chi connectivity index (χ3n) is 3.46. The molecule has 0 bridgehead atoms. The van der Waals surface area contributed by atoms with Gasteiger partial charge in [0.2, 0.25) is 0 Å². The highest BCUT2D eigenvalue weighted by atomic mass is 16.5. The molecule has 1 heterocycles. The number of hydrogen-bond donors (Lipinski definition) is 1. The molecular weight excluding hydrogens is 264 g/mol. The lowest BCUT2D eigenvalue weighted by molar-refractivity contribution is 0.418. The maximum Gasteiger partial charge on any atom is 0.261 e. The SMILES string of the molecule is Cc1ccc(O)c(-c2nc(Cc3ccccc3C)no2)c1.